The lowest BCUT2D eigenvalue weighted by molar-refractivity contribution is -0.138. The molecule has 1 atom stereocenters. The number of halogens is 4. The molecule has 1 aliphatic rings. The SMILES string of the molecule is COC(=O)C1=C(C)N(Cc2cccc(Cl)c2)C(=O)CC1c1cccc(C(F)(F)F)c1. The molecule has 1 aliphatic heterocycles. The van der Waals surface area contributed by atoms with E-state index in [0.717, 1.165) is 17.7 Å². The van der Waals surface area contributed by atoms with E-state index in [4.69, 9.17) is 16.3 Å². The zero-order valence-corrected chi connectivity index (χ0v) is 17.1. The number of allylic oxidation sites excluding steroid dienone is 1. The summed E-state index contributed by atoms with van der Waals surface area (Å²) >= 11 is 6.01. The smallest absolute Gasteiger partial charge is 0.416 e. The molecule has 0 radical (unpaired) electrons. The molecule has 0 N–H and O–H groups in total. The Bertz CT molecular complexity index is 1020. The molecule has 0 saturated carbocycles. The van der Waals surface area contributed by atoms with E-state index in [2.05, 4.69) is 0 Å². The molecule has 4 nitrogen and oxygen atoms in total. The van der Waals surface area contributed by atoms with E-state index >= 15 is 0 Å². The second kappa shape index (κ2) is 8.52. The van der Waals surface area contributed by atoms with Crippen LogP contribution < -0.4 is 0 Å². The molecule has 30 heavy (non-hydrogen) atoms. The summed E-state index contributed by atoms with van der Waals surface area (Å²) in [7, 11) is 1.20. The van der Waals surface area contributed by atoms with Gasteiger partial charge >= 0.3 is 12.1 Å². The minimum absolute atomic E-state index is 0.149. The van der Waals surface area contributed by atoms with Crippen LogP contribution in [0, 0.1) is 0 Å². The second-order valence-corrected chi connectivity index (χ2v) is 7.42. The Balaban J connectivity index is 2.05. The van der Waals surface area contributed by atoms with Crippen LogP contribution in [-0.2, 0) is 27.0 Å². The van der Waals surface area contributed by atoms with Crippen LogP contribution >= 0.6 is 11.6 Å². The summed E-state index contributed by atoms with van der Waals surface area (Å²) in [6.45, 7) is 1.77. The number of esters is 1. The number of carbonyl (C=O) groups excluding carboxylic acids is 2. The van der Waals surface area contributed by atoms with E-state index in [1.54, 1.807) is 31.2 Å². The highest BCUT2D eigenvalue weighted by atomic mass is 35.5. The Morgan fingerprint density at radius 2 is 1.90 bits per heavy atom. The van der Waals surface area contributed by atoms with Crippen LogP contribution in [0.25, 0.3) is 0 Å². The lowest BCUT2D eigenvalue weighted by Crippen LogP contribution is -2.38. The minimum atomic E-state index is -4.53. The van der Waals surface area contributed by atoms with Crippen molar-refractivity contribution in [2.24, 2.45) is 0 Å². The summed E-state index contributed by atoms with van der Waals surface area (Å²) in [4.78, 5) is 26.9. The fourth-order valence-electron chi connectivity index (χ4n) is 3.61. The third-order valence-corrected chi connectivity index (χ3v) is 5.31. The summed E-state index contributed by atoms with van der Waals surface area (Å²) in [6.07, 6.45) is -4.68. The highest BCUT2D eigenvalue weighted by Crippen LogP contribution is 2.39. The van der Waals surface area contributed by atoms with Gasteiger partial charge in [0, 0.05) is 23.1 Å². The van der Waals surface area contributed by atoms with Crippen LogP contribution in [0.1, 0.15) is 36.0 Å². The standard InChI is InChI=1S/C22H19ClF3NO3/c1-13-20(21(29)30-2)18(15-6-4-7-16(10-15)22(24,25)26)11-19(28)27(13)12-14-5-3-8-17(23)9-14/h3-10,18H,11-12H2,1-2H3. The molecule has 158 valence electrons. The summed E-state index contributed by atoms with van der Waals surface area (Å²) in [6, 6.07) is 11.6. The van der Waals surface area contributed by atoms with Gasteiger partial charge in [-0.3, -0.25) is 4.79 Å². The molecule has 0 aliphatic carbocycles. The third-order valence-electron chi connectivity index (χ3n) is 5.07. The van der Waals surface area contributed by atoms with E-state index in [-0.39, 0.29) is 30.0 Å². The highest BCUT2D eigenvalue weighted by Gasteiger charge is 2.38. The Kier molecular flexibility index (Phi) is 6.22. The fourth-order valence-corrected chi connectivity index (χ4v) is 3.83. The second-order valence-electron chi connectivity index (χ2n) is 6.98. The number of methoxy groups -OCH3 is 1. The molecule has 0 saturated heterocycles. The van der Waals surface area contributed by atoms with Crippen LogP contribution in [-0.4, -0.2) is 23.9 Å². The van der Waals surface area contributed by atoms with Gasteiger partial charge in [0.15, 0.2) is 0 Å². The molecule has 0 aromatic heterocycles. The maximum absolute atomic E-state index is 13.2. The maximum atomic E-state index is 13.2. The van der Waals surface area contributed by atoms with E-state index in [1.807, 2.05) is 0 Å². The normalized spacial score (nSPS) is 17.3. The molecule has 0 bridgehead atoms. The molecule has 0 fully saturated rings. The van der Waals surface area contributed by atoms with Crippen molar-refractivity contribution in [1.82, 2.24) is 4.90 Å². The molecule has 1 unspecified atom stereocenters. The van der Waals surface area contributed by atoms with Crippen LogP contribution in [0.15, 0.2) is 59.8 Å². The van der Waals surface area contributed by atoms with Gasteiger partial charge in [-0.05, 0) is 36.2 Å². The molecular weight excluding hydrogens is 419 g/mol. The van der Waals surface area contributed by atoms with E-state index < -0.39 is 23.6 Å². The number of ether oxygens (including phenoxy) is 1. The van der Waals surface area contributed by atoms with Crippen molar-refractivity contribution in [2.75, 3.05) is 7.11 Å². The van der Waals surface area contributed by atoms with Gasteiger partial charge in [0.1, 0.15) is 0 Å². The Hall–Kier alpha value is -2.80. The molecule has 3 rings (SSSR count). The monoisotopic (exact) mass is 437 g/mol. The average Bonchev–Trinajstić information content (AvgIpc) is 2.69. The van der Waals surface area contributed by atoms with Gasteiger partial charge in [0.05, 0.1) is 24.8 Å². The summed E-state index contributed by atoms with van der Waals surface area (Å²) < 4.78 is 44.4. The van der Waals surface area contributed by atoms with Gasteiger partial charge < -0.3 is 9.64 Å². The quantitative estimate of drug-likeness (QED) is 0.608. The minimum Gasteiger partial charge on any atom is -0.466 e. The van der Waals surface area contributed by atoms with Crippen LogP contribution in [0.3, 0.4) is 0 Å². The number of amides is 1. The van der Waals surface area contributed by atoms with E-state index in [0.29, 0.717) is 10.7 Å². The van der Waals surface area contributed by atoms with Crippen molar-refractivity contribution >= 4 is 23.5 Å². The largest absolute Gasteiger partial charge is 0.466 e. The summed E-state index contributed by atoms with van der Waals surface area (Å²) in [5, 5.41) is 0.508. The van der Waals surface area contributed by atoms with Crippen molar-refractivity contribution in [3.8, 4) is 0 Å². The van der Waals surface area contributed by atoms with Crippen molar-refractivity contribution in [2.45, 2.75) is 32.0 Å². The molecule has 2 aromatic rings. The number of nitrogens with zero attached hydrogens (tertiary/aromatic N) is 1. The van der Waals surface area contributed by atoms with E-state index in [9.17, 15) is 22.8 Å². The average molecular weight is 438 g/mol. The first kappa shape index (κ1) is 21.9. The number of carbonyl (C=O) groups is 2. The van der Waals surface area contributed by atoms with Crippen molar-refractivity contribution in [3.05, 3.63) is 81.5 Å². The fraction of sp³-hybridized carbons (Fsp3) is 0.273. The van der Waals surface area contributed by atoms with Crippen LogP contribution in [0.5, 0.6) is 0 Å². The van der Waals surface area contributed by atoms with E-state index in [1.165, 1.54) is 24.1 Å². The highest BCUT2D eigenvalue weighted by molar-refractivity contribution is 6.30. The first-order valence-corrected chi connectivity index (χ1v) is 9.50. The molecule has 1 heterocycles. The number of hydrogen-bond donors (Lipinski definition) is 0. The van der Waals surface area contributed by atoms with Crippen LogP contribution in [0.2, 0.25) is 5.02 Å². The van der Waals surface area contributed by atoms with Gasteiger partial charge in [-0.1, -0.05) is 41.9 Å². The molecule has 2 aromatic carbocycles. The van der Waals surface area contributed by atoms with Crippen molar-refractivity contribution in [3.63, 3.8) is 0 Å². The molecule has 0 spiro atoms. The number of rotatable bonds is 4. The zero-order valence-electron chi connectivity index (χ0n) is 16.3. The maximum Gasteiger partial charge on any atom is 0.416 e. The lowest BCUT2D eigenvalue weighted by atomic mass is 9.83. The third kappa shape index (κ3) is 4.51. The number of hydrogen-bond acceptors (Lipinski definition) is 3. The first-order valence-electron chi connectivity index (χ1n) is 9.13. The van der Waals surface area contributed by atoms with Crippen molar-refractivity contribution in [1.29, 1.82) is 0 Å². The Morgan fingerprint density at radius 1 is 1.20 bits per heavy atom. The predicted molar refractivity (Wildman–Crippen MR) is 106 cm³/mol. The molecule has 8 heteroatoms. The molecular formula is C22H19ClF3NO3. The first-order chi connectivity index (χ1) is 14.1. The Labute approximate surface area is 176 Å². The van der Waals surface area contributed by atoms with Crippen molar-refractivity contribution < 1.29 is 27.5 Å². The van der Waals surface area contributed by atoms with Gasteiger partial charge in [0.25, 0.3) is 0 Å². The number of benzene rings is 2. The molecule has 1 amide bonds. The Morgan fingerprint density at radius 3 is 2.53 bits per heavy atom. The van der Waals surface area contributed by atoms with Gasteiger partial charge in [-0.2, -0.15) is 13.2 Å². The van der Waals surface area contributed by atoms with Gasteiger partial charge in [-0.15, -0.1) is 0 Å². The predicted octanol–water partition coefficient (Wildman–Crippen LogP) is 5.32. The number of alkyl halides is 3. The van der Waals surface area contributed by atoms with Gasteiger partial charge in [0.2, 0.25) is 5.91 Å². The topological polar surface area (TPSA) is 46.6 Å². The van der Waals surface area contributed by atoms with Gasteiger partial charge in [-0.25, -0.2) is 4.79 Å². The summed E-state index contributed by atoms with van der Waals surface area (Å²) in [5.74, 6) is -1.82. The summed E-state index contributed by atoms with van der Waals surface area (Å²) in [5.41, 5.74) is 0.673. The zero-order chi connectivity index (χ0) is 22.1. The van der Waals surface area contributed by atoms with Crippen LogP contribution in [0.4, 0.5) is 13.2 Å². The lowest BCUT2D eigenvalue weighted by Gasteiger charge is -2.34.